The van der Waals surface area contributed by atoms with Gasteiger partial charge in [0.1, 0.15) is 18.3 Å². The molecule has 3 rings (SSSR count). The highest BCUT2D eigenvalue weighted by Gasteiger charge is 2.47. The van der Waals surface area contributed by atoms with E-state index in [1.807, 2.05) is 12.1 Å². The number of nitrogens with one attached hydrogen (secondary N) is 1. The minimum Gasteiger partial charge on any atom is -0.493 e. The molecule has 0 bridgehead atoms. The van der Waals surface area contributed by atoms with Gasteiger partial charge in [-0.25, -0.2) is 0 Å². The first-order valence-corrected chi connectivity index (χ1v) is 8.57. The fraction of sp³-hybridized carbons (Fsp3) is 0.611. The molecule has 8 nitrogen and oxygen atoms in total. The molecule has 0 unspecified atom stereocenters. The Morgan fingerprint density at radius 3 is 2.38 bits per heavy atom. The Balaban J connectivity index is 1.58. The van der Waals surface area contributed by atoms with Gasteiger partial charge in [-0.3, -0.25) is 4.79 Å². The predicted molar refractivity (Wildman–Crippen MR) is 91.8 cm³/mol. The van der Waals surface area contributed by atoms with Crippen LogP contribution in [0.5, 0.6) is 17.2 Å². The number of benzene rings is 1. The van der Waals surface area contributed by atoms with Crippen LogP contribution in [-0.4, -0.2) is 69.9 Å². The molecule has 0 radical (unpaired) electrons. The summed E-state index contributed by atoms with van der Waals surface area (Å²) < 4.78 is 27.0. The first kappa shape index (κ1) is 18.8. The van der Waals surface area contributed by atoms with Gasteiger partial charge in [0, 0.05) is 6.42 Å². The summed E-state index contributed by atoms with van der Waals surface area (Å²) in [6.07, 6.45) is -0.436. The molecule has 1 aromatic rings. The van der Waals surface area contributed by atoms with Crippen LogP contribution in [0.4, 0.5) is 0 Å². The number of hydrogen-bond acceptors (Lipinski definition) is 7. The molecular weight excluding hydrogens is 342 g/mol. The van der Waals surface area contributed by atoms with E-state index in [0.717, 1.165) is 5.56 Å². The number of hydrogen-bond donors (Lipinski definition) is 2. The van der Waals surface area contributed by atoms with Crippen molar-refractivity contribution in [2.24, 2.45) is 0 Å². The van der Waals surface area contributed by atoms with Crippen molar-refractivity contribution in [2.45, 2.75) is 37.2 Å². The Morgan fingerprint density at radius 2 is 1.77 bits per heavy atom. The SMILES string of the molecule is COc1cc(CCC(=O)N[C@H]2CO[C@H]3[C@@H]2OC[C@@H]3O)cc(OC)c1OC. The molecule has 2 aliphatic rings. The van der Waals surface area contributed by atoms with Crippen molar-refractivity contribution in [3.8, 4) is 17.2 Å². The predicted octanol–water partition coefficient (Wildman–Crippen LogP) is 0.288. The Hall–Kier alpha value is -2.03. The van der Waals surface area contributed by atoms with Crippen molar-refractivity contribution in [2.75, 3.05) is 34.5 Å². The molecular formula is C18H25NO7. The molecule has 4 atom stereocenters. The van der Waals surface area contributed by atoms with Crippen molar-refractivity contribution in [3.05, 3.63) is 17.7 Å². The van der Waals surface area contributed by atoms with E-state index in [9.17, 15) is 9.90 Å². The summed E-state index contributed by atoms with van der Waals surface area (Å²) in [5.41, 5.74) is 0.905. The zero-order valence-corrected chi connectivity index (χ0v) is 15.2. The van der Waals surface area contributed by atoms with Crippen LogP contribution in [0, 0.1) is 0 Å². The standard InChI is InChI=1S/C18H25NO7/c1-22-13-6-10(7-14(23-2)18(13)24-3)4-5-15(21)19-11-8-25-17-12(20)9-26-16(11)17/h6-7,11-12,16-17,20H,4-5,8-9H2,1-3H3,(H,19,21)/t11-,12-,16+,17+/m0/s1. The third-order valence-electron chi connectivity index (χ3n) is 4.74. The van der Waals surface area contributed by atoms with Crippen LogP contribution in [0.2, 0.25) is 0 Å². The molecule has 2 saturated heterocycles. The molecule has 2 aliphatic heterocycles. The molecule has 0 aromatic heterocycles. The molecule has 0 saturated carbocycles. The molecule has 8 heteroatoms. The topological polar surface area (TPSA) is 95.5 Å². The minimum absolute atomic E-state index is 0.0991. The quantitative estimate of drug-likeness (QED) is 0.715. The maximum absolute atomic E-state index is 12.3. The van der Waals surface area contributed by atoms with E-state index in [-0.39, 0.29) is 30.8 Å². The van der Waals surface area contributed by atoms with Crippen molar-refractivity contribution in [1.29, 1.82) is 0 Å². The van der Waals surface area contributed by atoms with Crippen LogP contribution in [0.1, 0.15) is 12.0 Å². The van der Waals surface area contributed by atoms with Gasteiger partial charge in [0.25, 0.3) is 0 Å². The van der Waals surface area contributed by atoms with Crippen LogP contribution in [0.25, 0.3) is 0 Å². The Bertz CT molecular complexity index is 625. The number of aliphatic hydroxyl groups excluding tert-OH is 1. The summed E-state index contributed by atoms with van der Waals surface area (Å²) in [6.45, 7) is 0.593. The molecule has 2 N–H and O–H groups in total. The van der Waals surface area contributed by atoms with Crippen LogP contribution in [0.3, 0.4) is 0 Å². The number of aryl methyl sites for hydroxylation is 1. The fourth-order valence-corrected chi connectivity index (χ4v) is 3.42. The minimum atomic E-state index is -0.624. The zero-order valence-electron chi connectivity index (χ0n) is 15.2. The van der Waals surface area contributed by atoms with Crippen LogP contribution in [-0.2, 0) is 20.7 Å². The zero-order chi connectivity index (χ0) is 18.7. The Kier molecular flexibility index (Phi) is 5.85. The van der Waals surface area contributed by atoms with Gasteiger partial charge in [-0.1, -0.05) is 0 Å². The summed E-state index contributed by atoms with van der Waals surface area (Å²) in [5, 5.41) is 12.7. The van der Waals surface area contributed by atoms with E-state index in [1.54, 1.807) is 21.3 Å². The highest BCUT2D eigenvalue weighted by atomic mass is 16.6. The molecule has 2 heterocycles. The van der Waals surface area contributed by atoms with Gasteiger partial charge in [0.15, 0.2) is 11.5 Å². The lowest BCUT2D eigenvalue weighted by Crippen LogP contribution is -2.44. The second kappa shape index (κ2) is 8.11. The number of ether oxygens (including phenoxy) is 5. The normalized spacial score (nSPS) is 27.1. The maximum Gasteiger partial charge on any atom is 0.220 e. The summed E-state index contributed by atoms with van der Waals surface area (Å²) >= 11 is 0. The number of methoxy groups -OCH3 is 3. The van der Waals surface area contributed by atoms with Gasteiger partial charge >= 0.3 is 0 Å². The van der Waals surface area contributed by atoms with Gasteiger partial charge in [0.05, 0.1) is 40.6 Å². The summed E-state index contributed by atoms with van der Waals surface area (Å²) in [6, 6.07) is 3.43. The van der Waals surface area contributed by atoms with Gasteiger partial charge in [0.2, 0.25) is 11.7 Å². The second-order valence-electron chi connectivity index (χ2n) is 6.37. The molecule has 1 amide bonds. The Morgan fingerprint density at radius 1 is 1.12 bits per heavy atom. The highest BCUT2D eigenvalue weighted by molar-refractivity contribution is 5.76. The van der Waals surface area contributed by atoms with E-state index in [1.165, 1.54) is 0 Å². The van der Waals surface area contributed by atoms with Crippen molar-refractivity contribution in [1.82, 2.24) is 5.32 Å². The fourth-order valence-electron chi connectivity index (χ4n) is 3.42. The van der Waals surface area contributed by atoms with Gasteiger partial charge in [-0.15, -0.1) is 0 Å². The van der Waals surface area contributed by atoms with E-state index in [0.29, 0.717) is 36.7 Å². The van der Waals surface area contributed by atoms with E-state index in [2.05, 4.69) is 5.32 Å². The summed E-state index contributed by atoms with van der Waals surface area (Å²) in [5.74, 6) is 1.54. The highest BCUT2D eigenvalue weighted by Crippen LogP contribution is 2.38. The third kappa shape index (κ3) is 3.72. The Labute approximate surface area is 152 Å². The molecule has 26 heavy (non-hydrogen) atoms. The number of fused-ring (bicyclic) bond motifs is 1. The number of carbonyl (C=O) groups excluding carboxylic acids is 1. The first-order chi connectivity index (χ1) is 12.6. The molecule has 0 spiro atoms. The van der Waals surface area contributed by atoms with E-state index >= 15 is 0 Å². The number of aliphatic hydroxyl groups is 1. The lowest BCUT2D eigenvalue weighted by molar-refractivity contribution is -0.122. The lowest BCUT2D eigenvalue weighted by Gasteiger charge is -2.18. The van der Waals surface area contributed by atoms with Gasteiger partial charge < -0.3 is 34.1 Å². The van der Waals surface area contributed by atoms with Gasteiger partial charge in [-0.2, -0.15) is 0 Å². The third-order valence-corrected chi connectivity index (χ3v) is 4.74. The van der Waals surface area contributed by atoms with E-state index in [4.69, 9.17) is 23.7 Å². The summed E-state index contributed by atoms with van der Waals surface area (Å²) in [4.78, 5) is 12.3. The van der Waals surface area contributed by atoms with Crippen LogP contribution >= 0.6 is 0 Å². The van der Waals surface area contributed by atoms with Crippen LogP contribution < -0.4 is 19.5 Å². The molecule has 0 aliphatic carbocycles. The second-order valence-corrected chi connectivity index (χ2v) is 6.37. The van der Waals surface area contributed by atoms with Crippen molar-refractivity contribution in [3.63, 3.8) is 0 Å². The smallest absolute Gasteiger partial charge is 0.220 e. The largest absolute Gasteiger partial charge is 0.493 e. The summed E-state index contributed by atoms with van der Waals surface area (Å²) in [7, 11) is 4.66. The van der Waals surface area contributed by atoms with Crippen LogP contribution in [0.15, 0.2) is 12.1 Å². The van der Waals surface area contributed by atoms with Gasteiger partial charge in [-0.05, 0) is 24.1 Å². The van der Waals surface area contributed by atoms with Crippen molar-refractivity contribution < 1.29 is 33.6 Å². The first-order valence-electron chi connectivity index (χ1n) is 8.57. The number of carbonyl (C=O) groups is 1. The number of rotatable bonds is 7. The molecule has 1 aromatic carbocycles. The number of amides is 1. The lowest BCUT2D eigenvalue weighted by atomic mass is 10.1. The van der Waals surface area contributed by atoms with Crippen molar-refractivity contribution >= 4 is 5.91 Å². The molecule has 144 valence electrons. The maximum atomic E-state index is 12.3. The average molecular weight is 367 g/mol. The average Bonchev–Trinajstić information content (AvgIpc) is 3.22. The monoisotopic (exact) mass is 367 g/mol. The van der Waals surface area contributed by atoms with E-state index < -0.39 is 6.10 Å². The molecule has 2 fully saturated rings.